The Morgan fingerprint density at radius 1 is 1.39 bits per heavy atom. The minimum Gasteiger partial charge on any atom is -0.480 e. The Kier molecular flexibility index (Phi) is 4.99. The van der Waals surface area contributed by atoms with E-state index in [1.54, 1.807) is 0 Å². The lowest BCUT2D eigenvalue weighted by Gasteiger charge is -2.26. The summed E-state index contributed by atoms with van der Waals surface area (Å²) in [6.07, 6.45) is 1.65. The maximum absolute atomic E-state index is 12.0. The molecule has 2 amide bonds. The molecule has 1 fully saturated rings. The number of amides is 2. The van der Waals surface area contributed by atoms with Crippen molar-refractivity contribution >= 4 is 12.0 Å². The molecule has 1 rings (SSSR count). The quantitative estimate of drug-likeness (QED) is 0.807. The van der Waals surface area contributed by atoms with Gasteiger partial charge in [0.15, 0.2) is 0 Å². The smallest absolute Gasteiger partial charge is 0.326 e. The van der Waals surface area contributed by atoms with Crippen LogP contribution in [0.5, 0.6) is 0 Å². The molecule has 1 aliphatic heterocycles. The molecule has 0 aromatic carbocycles. The highest BCUT2D eigenvalue weighted by Crippen LogP contribution is 2.24. The average Bonchev–Trinajstić information content (AvgIpc) is 2.58. The zero-order valence-electron chi connectivity index (χ0n) is 11.6. The average molecular weight is 256 g/mol. The zero-order chi connectivity index (χ0) is 13.9. The molecule has 0 saturated carbocycles. The van der Waals surface area contributed by atoms with E-state index in [0.29, 0.717) is 12.5 Å². The van der Waals surface area contributed by atoms with E-state index in [1.165, 1.54) is 4.90 Å². The van der Waals surface area contributed by atoms with Gasteiger partial charge in [-0.3, -0.25) is 0 Å². The number of carboxylic acid groups (broad SMARTS) is 1. The topological polar surface area (TPSA) is 69.6 Å². The third-order valence-corrected chi connectivity index (χ3v) is 3.41. The van der Waals surface area contributed by atoms with Crippen molar-refractivity contribution in [3.8, 4) is 0 Å². The lowest BCUT2D eigenvalue weighted by atomic mass is 10.0. The summed E-state index contributed by atoms with van der Waals surface area (Å²) in [5.41, 5.74) is 0. The highest BCUT2D eigenvalue weighted by Gasteiger charge is 2.39. The Morgan fingerprint density at radius 3 is 2.50 bits per heavy atom. The van der Waals surface area contributed by atoms with Crippen LogP contribution in [0.3, 0.4) is 0 Å². The van der Waals surface area contributed by atoms with Gasteiger partial charge in [-0.1, -0.05) is 20.8 Å². The summed E-state index contributed by atoms with van der Waals surface area (Å²) in [5.74, 6) is -0.381. The first-order chi connectivity index (χ1) is 8.32. The number of hydrogen-bond acceptors (Lipinski definition) is 2. The van der Waals surface area contributed by atoms with Crippen LogP contribution in [-0.2, 0) is 4.79 Å². The molecule has 1 heterocycles. The van der Waals surface area contributed by atoms with E-state index in [-0.39, 0.29) is 18.0 Å². The maximum atomic E-state index is 12.0. The predicted molar refractivity (Wildman–Crippen MR) is 69.4 cm³/mol. The van der Waals surface area contributed by atoms with Gasteiger partial charge in [0.05, 0.1) is 0 Å². The molecule has 0 aliphatic carbocycles. The number of likely N-dealkylation sites (tertiary alicyclic amines) is 1. The molecule has 1 aliphatic rings. The summed E-state index contributed by atoms with van der Waals surface area (Å²) >= 11 is 0. The molecule has 0 aromatic rings. The van der Waals surface area contributed by atoms with Gasteiger partial charge < -0.3 is 15.3 Å². The monoisotopic (exact) mass is 256 g/mol. The summed E-state index contributed by atoms with van der Waals surface area (Å²) < 4.78 is 0. The third kappa shape index (κ3) is 3.62. The standard InChI is InChI=1S/C13H24N2O3/c1-8(2)7-10(4)14-13(18)15-6-5-9(3)11(15)12(16)17/h8-11H,5-7H2,1-4H3,(H,14,18)(H,16,17). The first kappa shape index (κ1) is 14.8. The SMILES string of the molecule is CC(C)CC(C)NC(=O)N1CCC(C)C1C(=O)O. The van der Waals surface area contributed by atoms with Gasteiger partial charge in [0, 0.05) is 12.6 Å². The van der Waals surface area contributed by atoms with Gasteiger partial charge in [0.1, 0.15) is 6.04 Å². The van der Waals surface area contributed by atoms with Gasteiger partial charge in [0.2, 0.25) is 0 Å². The van der Waals surface area contributed by atoms with Crippen LogP contribution in [0.1, 0.15) is 40.5 Å². The number of carbonyl (C=O) groups excluding carboxylic acids is 1. The van der Waals surface area contributed by atoms with Crippen LogP contribution in [-0.4, -0.2) is 40.6 Å². The van der Waals surface area contributed by atoms with E-state index < -0.39 is 12.0 Å². The molecule has 0 spiro atoms. The number of hydrogen-bond donors (Lipinski definition) is 2. The number of carbonyl (C=O) groups is 2. The summed E-state index contributed by atoms with van der Waals surface area (Å²) in [7, 11) is 0. The van der Waals surface area contributed by atoms with E-state index in [4.69, 9.17) is 5.11 Å². The van der Waals surface area contributed by atoms with E-state index in [0.717, 1.165) is 12.8 Å². The summed E-state index contributed by atoms with van der Waals surface area (Å²) in [6, 6.07) is -0.862. The van der Waals surface area contributed by atoms with Crippen LogP contribution in [0.2, 0.25) is 0 Å². The number of rotatable bonds is 4. The molecule has 5 heteroatoms. The molecule has 0 bridgehead atoms. The minimum absolute atomic E-state index is 0.0219. The van der Waals surface area contributed by atoms with Gasteiger partial charge in [0.25, 0.3) is 0 Å². The molecule has 3 atom stereocenters. The van der Waals surface area contributed by atoms with Crippen LogP contribution in [0.4, 0.5) is 4.79 Å². The Labute approximate surface area is 109 Å². The van der Waals surface area contributed by atoms with E-state index in [2.05, 4.69) is 19.2 Å². The van der Waals surface area contributed by atoms with Crippen molar-refractivity contribution in [1.29, 1.82) is 0 Å². The molecule has 5 nitrogen and oxygen atoms in total. The Hall–Kier alpha value is -1.26. The van der Waals surface area contributed by atoms with Crippen molar-refractivity contribution in [3.63, 3.8) is 0 Å². The van der Waals surface area contributed by atoms with Crippen molar-refractivity contribution in [2.45, 2.75) is 52.6 Å². The molecule has 104 valence electrons. The first-order valence-corrected chi connectivity index (χ1v) is 6.62. The van der Waals surface area contributed by atoms with Gasteiger partial charge in [-0.2, -0.15) is 0 Å². The van der Waals surface area contributed by atoms with Gasteiger partial charge in [-0.25, -0.2) is 9.59 Å². The van der Waals surface area contributed by atoms with Crippen LogP contribution in [0.15, 0.2) is 0 Å². The molecular formula is C13H24N2O3. The number of urea groups is 1. The van der Waals surface area contributed by atoms with Gasteiger partial charge >= 0.3 is 12.0 Å². The van der Waals surface area contributed by atoms with Crippen molar-refractivity contribution in [3.05, 3.63) is 0 Å². The van der Waals surface area contributed by atoms with E-state index >= 15 is 0 Å². The Bertz CT molecular complexity index is 317. The maximum Gasteiger partial charge on any atom is 0.326 e. The number of carboxylic acids is 1. The van der Waals surface area contributed by atoms with Crippen LogP contribution in [0, 0.1) is 11.8 Å². The number of nitrogens with zero attached hydrogens (tertiary/aromatic N) is 1. The summed E-state index contributed by atoms with van der Waals surface area (Å²) in [5, 5.41) is 12.0. The molecule has 2 N–H and O–H groups in total. The summed E-state index contributed by atoms with van der Waals surface area (Å²) in [6.45, 7) is 8.55. The van der Waals surface area contributed by atoms with E-state index in [1.807, 2.05) is 13.8 Å². The van der Waals surface area contributed by atoms with Gasteiger partial charge in [-0.15, -0.1) is 0 Å². The fourth-order valence-corrected chi connectivity index (χ4v) is 2.61. The van der Waals surface area contributed by atoms with Gasteiger partial charge in [-0.05, 0) is 31.6 Å². The predicted octanol–water partition coefficient (Wildman–Crippen LogP) is 1.93. The summed E-state index contributed by atoms with van der Waals surface area (Å²) in [4.78, 5) is 24.7. The highest BCUT2D eigenvalue weighted by molar-refractivity contribution is 5.83. The van der Waals surface area contributed by atoms with Crippen molar-refractivity contribution < 1.29 is 14.7 Å². The van der Waals surface area contributed by atoms with Crippen LogP contribution in [0.25, 0.3) is 0 Å². The van der Waals surface area contributed by atoms with E-state index in [9.17, 15) is 9.59 Å². The molecule has 0 radical (unpaired) electrons. The number of aliphatic carboxylic acids is 1. The molecule has 0 aromatic heterocycles. The second kappa shape index (κ2) is 6.07. The normalized spacial score (nSPS) is 25.3. The fraction of sp³-hybridized carbons (Fsp3) is 0.846. The Balaban J connectivity index is 2.58. The molecule has 18 heavy (non-hydrogen) atoms. The number of nitrogens with one attached hydrogen (secondary N) is 1. The third-order valence-electron chi connectivity index (χ3n) is 3.41. The second-order valence-corrected chi connectivity index (χ2v) is 5.72. The van der Waals surface area contributed by atoms with Crippen molar-refractivity contribution in [2.75, 3.05) is 6.54 Å². The Morgan fingerprint density at radius 2 is 2.00 bits per heavy atom. The largest absolute Gasteiger partial charge is 0.480 e. The fourth-order valence-electron chi connectivity index (χ4n) is 2.61. The lowest BCUT2D eigenvalue weighted by Crippen LogP contribution is -2.49. The molecule has 3 unspecified atom stereocenters. The minimum atomic E-state index is -0.910. The van der Waals surface area contributed by atoms with Crippen LogP contribution < -0.4 is 5.32 Å². The van der Waals surface area contributed by atoms with Crippen LogP contribution >= 0.6 is 0 Å². The molecular weight excluding hydrogens is 232 g/mol. The second-order valence-electron chi connectivity index (χ2n) is 5.72. The van der Waals surface area contributed by atoms with Crippen molar-refractivity contribution in [2.24, 2.45) is 11.8 Å². The first-order valence-electron chi connectivity index (χ1n) is 6.62. The lowest BCUT2D eigenvalue weighted by molar-refractivity contribution is -0.142. The van der Waals surface area contributed by atoms with Crippen molar-refractivity contribution in [1.82, 2.24) is 10.2 Å². The molecule has 1 saturated heterocycles. The zero-order valence-corrected chi connectivity index (χ0v) is 11.6. The highest BCUT2D eigenvalue weighted by atomic mass is 16.4.